The summed E-state index contributed by atoms with van der Waals surface area (Å²) in [5, 5.41) is 15.3. The lowest BCUT2D eigenvalue weighted by Gasteiger charge is -2.11. The Morgan fingerprint density at radius 1 is 1.27 bits per heavy atom. The number of methoxy groups -OCH3 is 1. The van der Waals surface area contributed by atoms with E-state index in [2.05, 4.69) is 37.3 Å². The monoisotopic (exact) mass is 308 g/mol. The molecule has 0 fully saturated rings. The first-order valence-corrected chi connectivity index (χ1v) is 8.27. The second-order valence-corrected chi connectivity index (χ2v) is 5.42. The number of hydrogen-bond donors (Lipinski definition) is 2. The molecule has 1 aromatic heterocycles. The van der Waals surface area contributed by atoms with Gasteiger partial charge in [0, 0.05) is 39.6 Å². The highest BCUT2D eigenvalue weighted by Gasteiger charge is 2.14. The fourth-order valence-electron chi connectivity index (χ4n) is 2.61. The second kappa shape index (κ2) is 9.40. The summed E-state index contributed by atoms with van der Waals surface area (Å²) in [6.45, 7) is 6.06. The number of fused-ring (bicyclic) bond motifs is 1. The third kappa shape index (κ3) is 4.98. The molecule has 2 N–H and O–H groups in total. The molecule has 7 heteroatoms. The summed E-state index contributed by atoms with van der Waals surface area (Å²) in [7, 11) is 1.69. The fraction of sp³-hybridized carbons (Fsp3) is 0.800. The van der Waals surface area contributed by atoms with Crippen LogP contribution in [0, 0.1) is 0 Å². The van der Waals surface area contributed by atoms with Crippen LogP contribution >= 0.6 is 0 Å². The summed E-state index contributed by atoms with van der Waals surface area (Å²) in [5.74, 6) is 3.06. The number of nitrogens with zero attached hydrogens (tertiary/aromatic N) is 4. The van der Waals surface area contributed by atoms with Crippen LogP contribution in [0.15, 0.2) is 4.99 Å². The average molecular weight is 308 g/mol. The first-order valence-electron chi connectivity index (χ1n) is 8.27. The molecule has 0 radical (unpaired) electrons. The maximum absolute atomic E-state index is 5.02. The molecule has 0 saturated heterocycles. The Morgan fingerprint density at radius 2 is 2.18 bits per heavy atom. The number of nitrogens with one attached hydrogen (secondary N) is 2. The summed E-state index contributed by atoms with van der Waals surface area (Å²) >= 11 is 0. The van der Waals surface area contributed by atoms with Crippen molar-refractivity contribution in [1.29, 1.82) is 0 Å². The average Bonchev–Trinajstić information content (AvgIpc) is 2.75. The molecular formula is C15H28N6O. The zero-order valence-electron chi connectivity index (χ0n) is 13.8. The molecule has 1 aromatic rings. The molecule has 1 aliphatic heterocycles. The number of aromatic nitrogens is 3. The van der Waals surface area contributed by atoms with E-state index < -0.39 is 0 Å². The molecule has 0 aromatic carbocycles. The molecule has 0 spiro atoms. The molecule has 22 heavy (non-hydrogen) atoms. The molecule has 0 saturated carbocycles. The number of ether oxygens (including phenoxy) is 1. The molecule has 0 aliphatic carbocycles. The molecule has 0 unspecified atom stereocenters. The minimum Gasteiger partial charge on any atom is -0.383 e. The van der Waals surface area contributed by atoms with Crippen LogP contribution in [-0.2, 0) is 24.1 Å². The van der Waals surface area contributed by atoms with Gasteiger partial charge in [0.2, 0.25) is 0 Å². The van der Waals surface area contributed by atoms with Crippen molar-refractivity contribution in [2.24, 2.45) is 4.99 Å². The normalized spacial score (nSPS) is 15.3. The van der Waals surface area contributed by atoms with E-state index in [-0.39, 0.29) is 0 Å². The second-order valence-electron chi connectivity index (χ2n) is 5.42. The summed E-state index contributed by atoms with van der Waals surface area (Å²) < 4.78 is 7.32. The summed E-state index contributed by atoms with van der Waals surface area (Å²) in [6, 6.07) is 0. The van der Waals surface area contributed by atoms with Crippen molar-refractivity contribution >= 4 is 5.96 Å². The Hall–Kier alpha value is -1.63. The van der Waals surface area contributed by atoms with E-state index in [9.17, 15) is 0 Å². The third-order valence-electron chi connectivity index (χ3n) is 3.74. The molecular weight excluding hydrogens is 280 g/mol. The van der Waals surface area contributed by atoms with Gasteiger partial charge in [0.25, 0.3) is 0 Å². The predicted octanol–water partition coefficient (Wildman–Crippen LogP) is 0.748. The number of aliphatic imine (C=N–C) groups is 1. The Bertz CT molecular complexity index is 471. The van der Waals surface area contributed by atoms with Gasteiger partial charge < -0.3 is 19.9 Å². The quantitative estimate of drug-likeness (QED) is 0.441. The van der Waals surface area contributed by atoms with Crippen molar-refractivity contribution in [3.8, 4) is 0 Å². The van der Waals surface area contributed by atoms with Crippen LogP contribution in [0.25, 0.3) is 0 Å². The minimum atomic E-state index is 0.633. The van der Waals surface area contributed by atoms with E-state index in [1.807, 2.05) is 0 Å². The zero-order valence-corrected chi connectivity index (χ0v) is 13.8. The van der Waals surface area contributed by atoms with Crippen LogP contribution in [0.4, 0.5) is 0 Å². The standard InChI is InChI=1S/C15H28N6O/c1-3-16-15(18-10-12-22-2)17-9-8-14-20-19-13-7-5-4-6-11-21(13)14/h3-12H2,1-2H3,(H2,16,17,18). The third-order valence-corrected chi connectivity index (χ3v) is 3.74. The van der Waals surface area contributed by atoms with Crippen LogP contribution in [0.3, 0.4) is 0 Å². The summed E-state index contributed by atoms with van der Waals surface area (Å²) in [4.78, 5) is 4.45. The van der Waals surface area contributed by atoms with Crippen molar-refractivity contribution in [3.05, 3.63) is 11.6 Å². The van der Waals surface area contributed by atoms with Crippen LogP contribution in [0.5, 0.6) is 0 Å². The molecule has 0 atom stereocenters. The van der Waals surface area contributed by atoms with E-state index in [1.165, 1.54) is 19.3 Å². The first-order chi connectivity index (χ1) is 10.8. The predicted molar refractivity (Wildman–Crippen MR) is 87.1 cm³/mol. The number of aryl methyl sites for hydroxylation is 1. The lowest BCUT2D eigenvalue weighted by Crippen LogP contribution is -2.38. The molecule has 2 rings (SSSR count). The maximum Gasteiger partial charge on any atom is 0.191 e. The Kier molecular flexibility index (Phi) is 7.15. The molecule has 7 nitrogen and oxygen atoms in total. The van der Waals surface area contributed by atoms with Gasteiger partial charge in [0.15, 0.2) is 5.96 Å². The number of hydrogen-bond acceptors (Lipinski definition) is 4. The van der Waals surface area contributed by atoms with Gasteiger partial charge in [-0.1, -0.05) is 6.42 Å². The van der Waals surface area contributed by atoms with Gasteiger partial charge in [0.05, 0.1) is 13.2 Å². The van der Waals surface area contributed by atoms with Gasteiger partial charge in [-0.05, 0) is 19.8 Å². The van der Waals surface area contributed by atoms with E-state index in [4.69, 9.17) is 4.74 Å². The van der Waals surface area contributed by atoms with Crippen molar-refractivity contribution in [2.75, 3.05) is 33.4 Å². The fourth-order valence-corrected chi connectivity index (χ4v) is 2.61. The smallest absolute Gasteiger partial charge is 0.191 e. The van der Waals surface area contributed by atoms with Gasteiger partial charge in [0.1, 0.15) is 11.6 Å². The van der Waals surface area contributed by atoms with E-state index >= 15 is 0 Å². The zero-order chi connectivity index (χ0) is 15.6. The lowest BCUT2D eigenvalue weighted by molar-refractivity contribution is 0.208. The summed E-state index contributed by atoms with van der Waals surface area (Å²) in [6.07, 6.45) is 5.67. The van der Waals surface area contributed by atoms with E-state index in [0.717, 1.165) is 50.1 Å². The molecule has 2 heterocycles. The Labute approximate surface area is 132 Å². The topological polar surface area (TPSA) is 76.4 Å². The molecule has 1 aliphatic rings. The highest BCUT2D eigenvalue weighted by Crippen LogP contribution is 2.14. The summed E-state index contributed by atoms with van der Waals surface area (Å²) in [5.41, 5.74) is 0. The Balaban J connectivity index is 1.84. The SMILES string of the molecule is CCNC(=NCCOC)NCCc1nnc2n1CCCCC2. The number of rotatable bonds is 7. The lowest BCUT2D eigenvalue weighted by atomic mass is 10.2. The highest BCUT2D eigenvalue weighted by molar-refractivity contribution is 5.79. The first kappa shape index (κ1) is 16.7. The highest BCUT2D eigenvalue weighted by atomic mass is 16.5. The van der Waals surface area contributed by atoms with E-state index in [1.54, 1.807) is 7.11 Å². The van der Waals surface area contributed by atoms with Gasteiger partial charge in [-0.2, -0.15) is 0 Å². The van der Waals surface area contributed by atoms with Gasteiger partial charge in [-0.15, -0.1) is 10.2 Å². The van der Waals surface area contributed by atoms with Crippen LogP contribution in [-0.4, -0.2) is 54.1 Å². The van der Waals surface area contributed by atoms with Crippen LogP contribution in [0.1, 0.15) is 37.8 Å². The van der Waals surface area contributed by atoms with E-state index in [0.29, 0.717) is 13.2 Å². The van der Waals surface area contributed by atoms with Crippen LogP contribution < -0.4 is 10.6 Å². The Morgan fingerprint density at radius 3 is 3.00 bits per heavy atom. The largest absolute Gasteiger partial charge is 0.383 e. The number of guanidine groups is 1. The van der Waals surface area contributed by atoms with Crippen molar-refractivity contribution in [2.45, 2.75) is 45.6 Å². The molecule has 0 amide bonds. The maximum atomic E-state index is 5.02. The van der Waals surface area contributed by atoms with Gasteiger partial charge in [-0.3, -0.25) is 4.99 Å². The minimum absolute atomic E-state index is 0.633. The van der Waals surface area contributed by atoms with Crippen molar-refractivity contribution in [1.82, 2.24) is 25.4 Å². The molecule has 124 valence electrons. The van der Waals surface area contributed by atoms with Crippen molar-refractivity contribution < 1.29 is 4.74 Å². The van der Waals surface area contributed by atoms with Gasteiger partial charge >= 0.3 is 0 Å². The van der Waals surface area contributed by atoms with Crippen LogP contribution in [0.2, 0.25) is 0 Å². The van der Waals surface area contributed by atoms with Crippen molar-refractivity contribution in [3.63, 3.8) is 0 Å². The molecule has 0 bridgehead atoms. The van der Waals surface area contributed by atoms with Gasteiger partial charge in [-0.25, -0.2) is 0 Å².